The van der Waals surface area contributed by atoms with Crippen molar-refractivity contribution in [3.05, 3.63) is 0 Å². The van der Waals surface area contributed by atoms with Crippen LogP contribution in [0.1, 0.15) is 19.8 Å². The lowest BCUT2D eigenvalue weighted by Gasteiger charge is -2.06. The van der Waals surface area contributed by atoms with Crippen molar-refractivity contribution in [3.63, 3.8) is 0 Å². The van der Waals surface area contributed by atoms with E-state index in [4.69, 9.17) is 4.74 Å². The first-order chi connectivity index (χ1) is 8.22. The first-order valence-corrected chi connectivity index (χ1v) is 5.95. The average Bonchev–Trinajstić information content (AvgIpc) is 3.07. The third-order valence-corrected chi connectivity index (χ3v) is 2.18. The molecular weight excluding hydrogens is 224 g/mol. The molecule has 17 heavy (non-hydrogen) atoms. The Balaban J connectivity index is 1.83. The van der Waals surface area contributed by atoms with Crippen molar-refractivity contribution in [2.45, 2.75) is 25.8 Å². The fourth-order valence-corrected chi connectivity index (χ4v) is 1.21. The Morgan fingerprint density at radius 2 is 2.12 bits per heavy atom. The summed E-state index contributed by atoms with van der Waals surface area (Å²) in [6, 6.07) is 0.393. The summed E-state index contributed by atoms with van der Waals surface area (Å²) in [7, 11) is 0. The zero-order valence-electron chi connectivity index (χ0n) is 10.2. The van der Waals surface area contributed by atoms with E-state index in [1.165, 1.54) is 0 Å². The van der Waals surface area contributed by atoms with Crippen LogP contribution in [-0.4, -0.2) is 50.8 Å². The van der Waals surface area contributed by atoms with E-state index in [2.05, 4.69) is 15.4 Å². The van der Waals surface area contributed by atoms with Crippen LogP contribution in [0.25, 0.3) is 0 Å². The summed E-state index contributed by atoms with van der Waals surface area (Å²) in [4.78, 5) is 22.1. The van der Waals surface area contributed by atoms with Crippen LogP contribution in [0.5, 0.6) is 0 Å². The van der Waals surface area contributed by atoms with Gasteiger partial charge >= 0.3 is 5.97 Å². The van der Waals surface area contributed by atoms with Crippen LogP contribution in [0.3, 0.4) is 0 Å². The molecule has 6 nitrogen and oxygen atoms in total. The Morgan fingerprint density at radius 1 is 1.35 bits per heavy atom. The SMILES string of the molecule is CCOC(=O)COCCNCC(=O)NC1CC1. The Kier molecular flexibility index (Phi) is 6.57. The lowest BCUT2D eigenvalue weighted by Crippen LogP contribution is -2.36. The zero-order chi connectivity index (χ0) is 12.5. The standard InChI is InChI=1S/C11H20N2O4/c1-2-17-11(15)8-16-6-5-12-7-10(14)13-9-3-4-9/h9,12H,2-8H2,1H3,(H,13,14). The lowest BCUT2D eigenvalue weighted by molar-refractivity contribution is -0.148. The summed E-state index contributed by atoms with van der Waals surface area (Å²) in [6.45, 7) is 3.29. The Morgan fingerprint density at radius 3 is 2.76 bits per heavy atom. The molecule has 1 aliphatic rings. The molecule has 6 heteroatoms. The minimum atomic E-state index is -0.362. The quantitative estimate of drug-likeness (QED) is 0.420. The highest BCUT2D eigenvalue weighted by Gasteiger charge is 2.22. The number of carbonyl (C=O) groups is 2. The maximum absolute atomic E-state index is 11.2. The van der Waals surface area contributed by atoms with Gasteiger partial charge in [0.2, 0.25) is 5.91 Å². The highest BCUT2D eigenvalue weighted by molar-refractivity contribution is 5.78. The van der Waals surface area contributed by atoms with Gasteiger partial charge in [0.1, 0.15) is 6.61 Å². The highest BCUT2D eigenvalue weighted by Crippen LogP contribution is 2.17. The van der Waals surface area contributed by atoms with Gasteiger partial charge in [0.25, 0.3) is 0 Å². The first kappa shape index (κ1) is 13.9. The maximum Gasteiger partial charge on any atom is 0.332 e. The second-order valence-corrected chi connectivity index (χ2v) is 3.88. The minimum Gasteiger partial charge on any atom is -0.464 e. The molecule has 0 aromatic rings. The monoisotopic (exact) mass is 244 g/mol. The lowest BCUT2D eigenvalue weighted by atomic mass is 10.5. The largest absolute Gasteiger partial charge is 0.464 e. The van der Waals surface area contributed by atoms with Gasteiger partial charge < -0.3 is 20.1 Å². The second-order valence-electron chi connectivity index (χ2n) is 3.88. The molecule has 1 rings (SSSR count). The Hall–Kier alpha value is -1.14. The van der Waals surface area contributed by atoms with E-state index in [9.17, 15) is 9.59 Å². The van der Waals surface area contributed by atoms with E-state index < -0.39 is 0 Å². The number of hydrogen-bond acceptors (Lipinski definition) is 5. The molecule has 98 valence electrons. The zero-order valence-corrected chi connectivity index (χ0v) is 10.2. The van der Waals surface area contributed by atoms with Gasteiger partial charge in [-0.3, -0.25) is 4.79 Å². The molecule has 1 fully saturated rings. The van der Waals surface area contributed by atoms with Crippen LogP contribution in [0.4, 0.5) is 0 Å². The summed E-state index contributed by atoms with van der Waals surface area (Å²) >= 11 is 0. The van der Waals surface area contributed by atoms with Crippen molar-refractivity contribution >= 4 is 11.9 Å². The fraction of sp³-hybridized carbons (Fsp3) is 0.818. The van der Waals surface area contributed by atoms with Crippen molar-refractivity contribution in [2.75, 3.05) is 32.9 Å². The molecule has 1 saturated carbocycles. The van der Waals surface area contributed by atoms with Crippen molar-refractivity contribution in [2.24, 2.45) is 0 Å². The molecule has 2 N–H and O–H groups in total. The summed E-state index contributed by atoms with van der Waals surface area (Å²) in [6.07, 6.45) is 2.18. The molecule has 0 unspecified atom stereocenters. The van der Waals surface area contributed by atoms with Gasteiger partial charge in [-0.25, -0.2) is 4.79 Å². The Bertz CT molecular complexity index is 254. The summed E-state index contributed by atoms with van der Waals surface area (Å²) in [5.41, 5.74) is 0. The van der Waals surface area contributed by atoms with Crippen molar-refractivity contribution in [1.29, 1.82) is 0 Å². The number of ether oxygens (including phenoxy) is 2. The molecule has 0 radical (unpaired) electrons. The molecule has 0 atom stereocenters. The van der Waals surface area contributed by atoms with Crippen LogP contribution >= 0.6 is 0 Å². The van der Waals surface area contributed by atoms with Crippen molar-refractivity contribution < 1.29 is 19.1 Å². The Labute approximate surface area is 101 Å². The van der Waals surface area contributed by atoms with Crippen LogP contribution < -0.4 is 10.6 Å². The van der Waals surface area contributed by atoms with Crippen LogP contribution in [0.15, 0.2) is 0 Å². The predicted octanol–water partition coefficient (Wildman–Crippen LogP) is -0.566. The molecule has 0 spiro atoms. The molecule has 0 saturated heterocycles. The van der Waals surface area contributed by atoms with E-state index in [0.717, 1.165) is 12.8 Å². The molecule has 0 aromatic carbocycles. The van der Waals surface area contributed by atoms with Gasteiger partial charge in [-0.1, -0.05) is 0 Å². The number of nitrogens with one attached hydrogen (secondary N) is 2. The molecule has 0 aromatic heterocycles. The molecule has 0 heterocycles. The third kappa shape index (κ3) is 7.70. The van der Waals surface area contributed by atoms with Crippen LogP contribution in [0.2, 0.25) is 0 Å². The highest BCUT2D eigenvalue weighted by atomic mass is 16.6. The molecular formula is C11H20N2O4. The molecule has 0 aliphatic heterocycles. The normalized spacial score (nSPS) is 14.4. The van der Waals surface area contributed by atoms with Gasteiger partial charge in [-0.05, 0) is 19.8 Å². The van der Waals surface area contributed by atoms with E-state index in [-0.39, 0.29) is 18.5 Å². The number of carbonyl (C=O) groups excluding carboxylic acids is 2. The van der Waals surface area contributed by atoms with Gasteiger partial charge in [-0.15, -0.1) is 0 Å². The van der Waals surface area contributed by atoms with Crippen LogP contribution in [-0.2, 0) is 19.1 Å². The molecule has 1 amide bonds. The van der Waals surface area contributed by atoms with E-state index in [1.54, 1.807) is 6.92 Å². The topological polar surface area (TPSA) is 76.7 Å². The van der Waals surface area contributed by atoms with E-state index >= 15 is 0 Å². The number of esters is 1. The number of amides is 1. The first-order valence-electron chi connectivity index (χ1n) is 5.95. The van der Waals surface area contributed by atoms with Gasteiger partial charge in [0, 0.05) is 12.6 Å². The molecule has 0 bridgehead atoms. The minimum absolute atomic E-state index is 0.0119. The van der Waals surface area contributed by atoms with Gasteiger partial charge in [0.05, 0.1) is 19.8 Å². The van der Waals surface area contributed by atoms with E-state index in [1.807, 2.05) is 0 Å². The van der Waals surface area contributed by atoms with Gasteiger partial charge in [0.15, 0.2) is 0 Å². The summed E-state index contributed by atoms with van der Waals surface area (Å²) in [5.74, 6) is -0.350. The van der Waals surface area contributed by atoms with Gasteiger partial charge in [-0.2, -0.15) is 0 Å². The van der Waals surface area contributed by atoms with E-state index in [0.29, 0.717) is 32.3 Å². The number of rotatable bonds is 9. The summed E-state index contributed by atoms with van der Waals surface area (Å²) < 4.78 is 9.74. The second kappa shape index (κ2) is 8.03. The number of hydrogen-bond donors (Lipinski definition) is 2. The van der Waals surface area contributed by atoms with Crippen molar-refractivity contribution in [3.8, 4) is 0 Å². The average molecular weight is 244 g/mol. The fourth-order valence-electron chi connectivity index (χ4n) is 1.21. The van der Waals surface area contributed by atoms with Crippen LogP contribution in [0, 0.1) is 0 Å². The van der Waals surface area contributed by atoms with Crippen molar-refractivity contribution in [1.82, 2.24) is 10.6 Å². The third-order valence-electron chi connectivity index (χ3n) is 2.18. The predicted molar refractivity (Wildman–Crippen MR) is 61.5 cm³/mol. The molecule has 1 aliphatic carbocycles. The maximum atomic E-state index is 11.2. The summed E-state index contributed by atoms with van der Waals surface area (Å²) in [5, 5.41) is 5.80. The smallest absolute Gasteiger partial charge is 0.332 e.